The first kappa shape index (κ1) is 13.1. The molecule has 17 heavy (non-hydrogen) atoms. The van der Waals surface area contributed by atoms with Gasteiger partial charge in [0.1, 0.15) is 0 Å². The lowest BCUT2D eigenvalue weighted by molar-refractivity contribution is 0.266. The first-order chi connectivity index (χ1) is 7.99. The Morgan fingerprint density at radius 2 is 2.18 bits per heavy atom. The summed E-state index contributed by atoms with van der Waals surface area (Å²) >= 11 is 3.54. The van der Waals surface area contributed by atoms with E-state index in [-0.39, 0.29) is 0 Å². The predicted octanol–water partition coefficient (Wildman–Crippen LogP) is 4.68. The lowest BCUT2D eigenvalue weighted by Gasteiger charge is -2.31. The van der Waals surface area contributed by atoms with Gasteiger partial charge in [-0.3, -0.25) is 0 Å². The fourth-order valence-electron chi connectivity index (χ4n) is 2.81. The standard InChI is InChI=1S/C15H22BrN/c1-11(12-6-4-7-13(16)10-12)17-14-8-5-9-15(14,2)3/h4,6-7,10-11,14,17H,5,8-9H2,1-3H3. The monoisotopic (exact) mass is 295 g/mol. The van der Waals surface area contributed by atoms with Gasteiger partial charge in [-0.15, -0.1) is 0 Å². The molecule has 2 unspecified atom stereocenters. The molecule has 1 saturated carbocycles. The van der Waals surface area contributed by atoms with Crippen molar-refractivity contribution in [2.24, 2.45) is 5.41 Å². The third-order valence-corrected chi connectivity index (χ3v) is 4.55. The summed E-state index contributed by atoms with van der Waals surface area (Å²) in [6.07, 6.45) is 4.01. The van der Waals surface area contributed by atoms with Crippen LogP contribution in [0, 0.1) is 5.41 Å². The smallest absolute Gasteiger partial charge is 0.0294 e. The molecule has 1 nitrogen and oxygen atoms in total. The van der Waals surface area contributed by atoms with Crippen LogP contribution in [0.4, 0.5) is 0 Å². The summed E-state index contributed by atoms with van der Waals surface area (Å²) < 4.78 is 1.16. The molecule has 2 atom stereocenters. The van der Waals surface area contributed by atoms with E-state index in [0.717, 1.165) is 4.47 Å². The van der Waals surface area contributed by atoms with Crippen LogP contribution in [0.2, 0.25) is 0 Å². The summed E-state index contributed by atoms with van der Waals surface area (Å²) in [5, 5.41) is 3.79. The van der Waals surface area contributed by atoms with Crippen molar-refractivity contribution in [2.45, 2.75) is 52.1 Å². The fraction of sp³-hybridized carbons (Fsp3) is 0.600. The SMILES string of the molecule is CC(NC1CCCC1(C)C)c1cccc(Br)c1. The van der Waals surface area contributed by atoms with E-state index < -0.39 is 0 Å². The molecule has 2 heteroatoms. The molecule has 1 aliphatic carbocycles. The van der Waals surface area contributed by atoms with Crippen molar-refractivity contribution in [2.75, 3.05) is 0 Å². The van der Waals surface area contributed by atoms with Crippen LogP contribution in [0.3, 0.4) is 0 Å². The van der Waals surface area contributed by atoms with E-state index in [0.29, 0.717) is 17.5 Å². The highest BCUT2D eigenvalue weighted by Crippen LogP contribution is 2.38. The molecular weight excluding hydrogens is 274 g/mol. The lowest BCUT2D eigenvalue weighted by Crippen LogP contribution is -2.39. The number of benzene rings is 1. The Kier molecular flexibility index (Phi) is 3.94. The molecule has 0 heterocycles. The van der Waals surface area contributed by atoms with Gasteiger partial charge >= 0.3 is 0 Å². The van der Waals surface area contributed by atoms with Gasteiger partial charge in [-0.05, 0) is 42.9 Å². The van der Waals surface area contributed by atoms with Crippen molar-refractivity contribution < 1.29 is 0 Å². The van der Waals surface area contributed by atoms with Crippen LogP contribution in [-0.2, 0) is 0 Å². The van der Waals surface area contributed by atoms with Crippen molar-refractivity contribution in [1.29, 1.82) is 0 Å². The van der Waals surface area contributed by atoms with Crippen molar-refractivity contribution >= 4 is 15.9 Å². The Morgan fingerprint density at radius 1 is 1.41 bits per heavy atom. The second-order valence-electron chi connectivity index (χ2n) is 5.88. The summed E-state index contributed by atoms with van der Waals surface area (Å²) in [5.41, 5.74) is 1.81. The summed E-state index contributed by atoms with van der Waals surface area (Å²) in [5.74, 6) is 0. The van der Waals surface area contributed by atoms with Gasteiger partial charge in [0.05, 0.1) is 0 Å². The maximum Gasteiger partial charge on any atom is 0.0294 e. The van der Waals surface area contributed by atoms with Crippen molar-refractivity contribution in [3.05, 3.63) is 34.3 Å². The number of hydrogen-bond donors (Lipinski definition) is 1. The van der Waals surface area contributed by atoms with Crippen LogP contribution >= 0.6 is 15.9 Å². The Morgan fingerprint density at radius 3 is 2.76 bits per heavy atom. The molecule has 1 aromatic carbocycles. The van der Waals surface area contributed by atoms with Crippen LogP contribution in [0.15, 0.2) is 28.7 Å². The van der Waals surface area contributed by atoms with Crippen molar-refractivity contribution in [3.63, 3.8) is 0 Å². The minimum Gasteiger partial charge on any atom is -0.307 e. The van der Waals surface area contributed by atoms with E-state index in [1.807, 2.05) is 0 Å². The van der Waals surface area contributed by atoms with Gasteiger partial charge in [-0.25, -0.2) is 0 Å². The maximum absolute atomic E-state index is 3.79. The zero-order valence-electron chi connectivity index (χ0n) is 11.0. The molecule has 0 amide bonds. The third-order valence-electron chi connectivity index (χ3n) is 4.06. The molecule has 0 bridgehead atoms. The molecule has 0 aromatic heterocycles. The highest BCUT2D eigenvalue weighted by Gasteiger charge is 2.34. The molecule has 94 valence electrons. The minimum atomic E-state index is 0.426. The van der Waals surface area contributed by atoms with E-state index in [1.54, 1.807) is 0 Å². The van der Waals surface area contributed by atoms with Crippen LogP contribution < -0.4 is 5.32 Å². The lowest BCUT2D eigenvalue weighted by atomic mass is 9.86. The van der Waals surface area contributed by atoms with Gasteiger partial charge in [0.25, 0.3) is 0 Å². The van der Waals surface area contributed by atoms with E-state index in [1.165, 1.54) is 24.8 Å². The second kappa shape index (κ2) is 5.11. The van der Waals surface area contributed by atoms with Gasteiger partial charge in [0.15, 0.2) is 0 Å². The summed E-state index contributed by atoms with van der Waals surface area (Å²) in [6, 6.07) is 9.67. The normalized spacial score (nSPS) is 24.8. The molecule has 0 radical (unpaired) electrons. The van der Waals surface area contributed by atoms with E-state index >= 15 is 0 Å². The molecule has 0 saturated heterocycles. The van der Waals surface area contributed by atoms with Crippen LogP contribution in [0.1, 0.15) is 51.6 Å². The van der Waals surface area contributed by atoms with Gasteiger partial charge in [-0.1, -0.05) is 48.3 Å². The van der Waals surface area contributed by atoms with E-state index in [2.05, 4.69) is 66.3 Å². The Bertz CT molecular complexity index is 386. The molecule has 1 N–H and O–H groups in total. The molecule has 1 aliphatic rings. The highest BCUT2D eigenvalue weighted by atomic mass is 79.9. The van der Waals surface area contributed by atoms with Crippen LogP contribution in [0.25, 0.3) is 0 Å². The zero-order valence-corrected chi connectivity index (χ0v) is 12.5. The molecule has 0 spiro atoms. The Labute approximate surface area is 113 Å². The molecular formula is C15H22BrN. The maximum atomic E-state index is 3.79. The topological polar surface area (TPSA) is 12.0 Å². The fourth-order valence-corrected chi connectivity index (χ4v) is 3.23. The number of rotatable bonds is 3. The first-order valence-corrected chi connectivity index (χ1v) is 7.30. The average molecular weight is 296 g/mol. The van der Waals surface area contributed by atoms with Crippen molar-refractivity contribution in [3.8, 4) is 0 Å². The zero-order chi connectivity index (χ0) is 12.5. The summed E-state index contributed by atoms with van der Waals surface area (Å²) in [4.78, 5) is 0. The number of nitrogens with one attached hydrogen (secondary N) is 1. The average Bonchev–Trinajstić information content (AvgIpc) is 2.58. The number of halogens is 1. The second-order valence-corrected chi connectivity index (χ2v) is 6.79. The van der Waals surface area contributed by atoms with E-state index in [9.17, 15) is 0 Å². The van der Waals surface area contributed by atoms with Crippen LogP contribution in [-0.4, -0.2) is 6.04 Å². The van der Waals surface area contributed by atoms with Gasteiger partial charge in [0.2, 0.25) is 0 Å². The quantitative estimate of drug-likeness (QED) is 0.854. The largest absolute Gasteiger partial charge is 0.307 e. The highest BCUT2D eigenvalue weighted by molar-refractivity contribution is 9.10. The van der Waals surface area contributed by atoms with E-state index in [4.69, 9.17) is 0 Å². The molecule has 0 aliphatic heterocycles. The van der Waals surface area contributed by atoms with Gasteiger partial charge in [0, 0.05) is 16.6 Å². The Hall–Kier alpha value is -0.340. The minimum absolute atomic E-state index is 0.426. The van der Waals surface area contributed by atoms with Gasteiger partial charge in [-0.2, -0.15) is 0 Å². The summed E-state index contributed by atoms with van der Waals surface area (Å²) in [7, 11) is 0. The third kappa shape index (κ3) is 3.11. The number of hydrogen-bond acceptors (Lipinski definition) is 1. The van der Waals surface area contributed by atoms with Gasteiger partial charge < -0.3 is 5.32 Å². The molecule has 2 rings (SSSR count). The Balaban J connectivity index is 2.04. The molecule has 1 aromatic rings. The first-order valence-electron chi connectivity index (χ1n) is 6.50. The summed E-state index contributed by atoms with van der Waals surface area (Å²) in [6.45, 7) is 7.02. The molecule has 1 fully saturated rings. The predicted molar refractivity (Wildman–Crippen MR) is 77.1 cm³/mol. The van der Waals surface area contributed by atoms with Crippen molar-refractivity contribution in [1.82, 2.24) is 5.32 Å². The van der Waals surface area contributed by atoms with Crippen LogP contribution in [0.5, 0.6) is 0 Å².